The second-order valence-corrected chi connectivity index (χ2v) is 5.44. The zero-order valence-electron chi connectivity index (χ0n) is 6.28. The first-order chi connectivity index (χ1) is 4.99. The van der Waals surface area contributed by atoms with Gasteiger partial charge in [0.05, 0.1) is 0 Å². The van der Waals surface area contributed by atoms with Crippen molar-refractivity contribution in [1.29, 1.82) is 0 Å². The highest BCUT2D eigenvalue weighted by Crippen LogP contribution is 2.26. The molecule has 4 nitrogen and oxygen atoms in total. The van der Waals surface area contributed by atoms with E-state index in [0.29, 0.717) is 5.25 Å². The Morgan fingerprint density at radius 2 is 2.27 bits per heavy atom. The van der Waals surface area contributed by atoms with Crippen molar-refractivity contribution < 1.29 is 8.42 Å². The van der Waals surface area contributed by atoms with Crippen LogP contribution in [0.3, 0.4) is 0 Å². The van der Waals surface area contributed by atoms with Gasteiger partial charge in [0.1, 0.15) is 0 Å². The van der Waals surface area contributed by atoms with Gasteiger partial charge in [0.25, 0.3) is 10.2 Å². The molecule has 0 aliphatic carbocycles. The summed E-state index contributed by atoms with van der Waals surface area (Å²) in [5, 5.41) is 5.17. The molecule has 0 aromatic heterocycles. The molecule has 0 saturated carbocycles. The van der Waals surface area contributed by atoms with E-state index in [-0.39, 0.29) is 6.04 Å². The first-order valence-corrected chi connectivity index (χ1v) is 6.00. The van der Waals surface area contributed by atoms with Crippen LogP contribution in [0.1, 0.15) is 13.3 Å². The first-order valence-electron chi connectivity index (χ1n) is 3.41. The SMILES string of the molecule is CC1SCCC1NS(N)(=O)=O. The van der Waals surface area contributed by atoms with Crippen LogP contribution < -0.4 is 9.86 Å². The van der Waals surface area contributed by atoms with Crippen LogP contribution in [0.2, 0.25) is 0 Å². The van der Waals surface area contributed by atoms with Crippen molar-refractivity contribution in [2.45, 2.75) is 24.6 Å². The van der Waals surface area contributed by atoms with Crippen LogP contribution in [-0.2, 0) is 10.2 Å². The van der Waals surface area contributed by atoms with Gasteiger partial charge in [-0.15, -0.1) is 0 Å². The molecular weight excluding hydrogens is 184 g/mol. The lowest BCUT2D eigenvalue weighted by Gasteiger charge is -2.13. The molecule has 1 aliphatic rings. The average Bonchev–Trinajstić information content (AvgIpc) is 2.12. The fraction of sp³-hybridized carbons (Fsp3) is 1.00. The number of nitrogens with two attached hydrogens (primary N) is 1. The lowest BCUT2D eigenvalue weighted by atomic mass is 10.2. The van der Waals surface area contributed by atoms with E-state index >= 15 is 0 Å². The minimum absolute atomic E-state index is 0.0231. The van der Waals surface area contributed by atoms with Gasteiger partial charge < -0.3 is 0 Å². The molecule has 1 aliphatic heterocycles. The van der Waals surface area contributed by atoms with Gasteiger partial charge in [-0.05, 0) is 12.2 Å². The van der Waals surface area contributed by atoms with Crippen LogP contribution in [0.25, 0.3) is 0 Å². The molecule has 0 aromatic rings. The molecule has 66 valence electrons. The molecular formula is C5H12N2O2S2. The van der Waals surface area contributed by atoms with Gasteiger partial charge in [-0.25, -0.2) is 5.14 Å². The van der Waals surface area contributed by atoms with E-state index < -0.39 is 10.2 Å². The highest BCUT2D eigenvalue weighted by molar-refractivity contribution is 8.00. The largest absolute Gasteiger partial charge is 0.274 e. The molecule has 6 heteroatoms. The van der Waals surface area contributed by atoms with Crippen LogP contribution in [-0.4, -0.2) is 25.5 Å². The highest BCUT2D eigenvalue weighted by Gasteiger charge is 2.26. The molecule has 2 atom stereocenters. The van der Waals surface area contributed by atoms with E-state index in [2.05, 4.69) is 4.72 Å². The average molecular weight is 196 g/mol. The van der Waals surface area contributed by atoms with Crippen LogP contribution in [0.5, 0.6) is 0 Å². The zero-order valence-corrected chi connectivity index (χ0v) is 7.91. The summed E-state index contributed by atoms with van der Waals surface area (Å²) in [6, 6.07) is 0.0231. The standard InChI is InChI=1S/C5H12N2O2S2/c1-4-5(2-3-10-4)7-11(6,8)9/h4-5,7H,2-3H2,1H3,(H2,6,8,9). The van der Waals surface area contributed by atoms with Crippen molar-refractivity contribution in [1.82, 2.24) is 4.72 Å². The predicted molar refractivity (Wildman–Crippen MR) is 46.6 cm³/mol. The maximum absolute atomic E-state index is 10.6. The maximum Gasteiger partial charge on any atom is 0.274 e. The molecule has 0 amide bonds. The number of rotatable bonds is 2. The van der Waals surface area contributed by atoms with Crippen molar-refractivity contribution in [3.8, 4) is 0 Å². The fourth-order valence-electron chi connectivity index (χ4n) is 1.10. The maximum atomic E-state index is 10.6. The topological polar surface area (TPSA) is 72.2 Å². The number of hydrogen-bond donors (Lipinski definition) is 2. The molecule has 1 saturated heterocycles. The summed E-state index contributed by atoms with van der Waals surface area (Å²) in [6.07, 6.45) is 0.877. The second-order valence-electron chi connectivity index (χ2n) is 2.63. The van der Waals surface area contributed by atoms with E-state index in [1.54, 1.807) is 11.8 Å². The molecule has 0 aromatic carbocycles. The van der Waals surface area contributed by atoms with Crippen LogP contribution in [0, 0.1) is 0 Å². The van der Waals surface area contributed by atoms with E-state index in [4.69, 9.17) is 5.14 Å². The monoisotopic (exact) mass is 196 g/mol. The molecule has 1 heterocycles. The zero-order chi connectivity index (χ0) is 8.48. The normalized spacial score (nSPS) is 32.5. The number of hydrogen-bond acceptors (Lipinski definition) is 3. The van der Waals surface area contributed by atoms with Gasteiger partial charge in [0.15, 0.2) is 0 Å². The van der Waals surface area contributed by atoms with Crippen LogP contribution in [0.4, 0.5) is 0 Å². The van der Waals surface area contributed by atoms with E-state index in [9.17, 15) is 8.42 Å². The van der Waals surface area contributed by atoms with Crippen molar-refractivity contribution >= 4 is 22.0 Å². The summed E-state index contributed by atoms with van der Waals surface area (Å²) in [5.74, 6) is 1.01. The summed E-state index contributed by atoms with van der Waals surface area (Å²) >= 11 is 1.76. The lowest BCUT2D eigenvalue weighted by molar-refractivity contribution is 0.548. The lowest BCUT2D eigenvalue weighted by Crippen LogP contribution is -2.41. The molecule has 1 rings (SSSR count). The number of nitrogens with one attached hydrogen (secondary N) is 1. The van der Waals surface area contributed by atoms with Crippen molar-refractivity contribution in [2.24, 2.45) is 5.14 Å². The Bertz CT molecular complexity index is 227. The fourth-order valence-corrected chi connectivity index (χ4v) is 3.13. The Balaban J connectivity index is 2.50. The molecule has 2 unspecified atom stereocenters. The van der Waals surface area contributed by atoms with Gasteiger partial charge in [-0.3, -0.25) is 0 Å². The molecule has 0 bridgehead atoms. The van der Waals surface area contributed by atoms with Gasteiger partial charge >= 0.3 is 0 Å². The Kier molecular flexibility index (Phi) is 2.79. The summed E-state index contributed by atoms with van der Waals surface area (Å²) in [5.41, 5.74) is 0. The Morgan fingerprint density at radius 1 is 1.64 bits per heavy atom. The predicted octanol–water partition coefficient (Wildman–Crippen LogP) is -0.326. The summed E-state index contributed by atoms with van der Waals surface area (Å²) in [7, 11) is -3.50. The second kappa shape index (κ2) is 3.30. The Labute approximate surface area is 71.1 Å². The third-order valence-corrected chi connectivity index (χ3v) is 3.65. The van der Waals surface area contributed by atoms with Crippen molar-refractivity contribution in [3.05, 3.63) is 0 Å². The van der Waals surface area contributed by atoms with Crippen LogP contribution in [0.15, 0.2) is 0 Å². The minimum atomic E-state index is -3.50. The first kappa shape index (κ1) is 9.31. The highest BCUT2D eigenvalue weighted by atomic mass is 32.2. The quantitative estimate of drug-likeness (QED) is 0.635. The third kappa shape index (κ3) is 2.98. The third-order valence-electron chi connectivity index (χ3n) is 1.69. The summed E-state index contributed by atoms with van der Waals surface area (Å²) in [4.78, 5) is 0. The van der Waals surface area contributed by atoms with Crippen LogP contribution >= 0.6 is 11.8 Å². The molecule has 3 N–H and O–H groups in total. The van der Waals surface area contributed by atoms with E-state index in [0.717, 1.165) is 12.2 Å². The minimum Gasteiger partial charge on any atom is -0.216 e. The molecule has 1 fully saturated rings. The summed E-state index contributed by atoms with van der Waals surface area (Å²) in [6.45, 7) is 2.00. The van der Waals surface area contributed by atoms with Gasteiger partial charge in [-0.2, -0.15) is 24.9 Å². The molecule has 0 radical (unpaired) electrons. The van der Waals surface area contributed by atoms with Gasteiger partial charge in [-0.1, -0.05) is 6.92 Å². The smallest absolute Gasteiger partial charge is 0.216 e. The van der Waals surface area contributed by atoms with Crippen molar-refractivity contribution in [3.63, 3.8) is 0 Å². The molecule has 0 spiro atoms. The molecule has 11 heavy (non-hydrogen) atoms. The summed E-state index contributed by atoms with van der Waals surface area (Å²) < 4.78 is 23.6. The van der Waals surface area contributed by atoms with E-state index in [1.807, 2.05) is 6.92 Å². The van der Waals surface area contributed by atoms with Gasteiger partial charge in [0.2, 0.25) is 0 Å². The van der Waals surface area contributed by atoms with E-state index in [1.165, 1.54) is 0 Å². The number of thioether (sulfide) groups is 1. The Hall–Kier alpha value is 0.220. The Morgan fingerprint density at radius 3 is 2.64 bits per heavy atom. The van der Waals surface area contributed by atoms with Gasteiger partial charge in [0, 0.05) is 11.3 Å². The van der Waals surface area contributed by atoms with Crippen molar-refractivity contribution in [2.75, 3.05) is 5.75 Å².